The van der Waals surface area contributed by atoms with Gasteiger partial charge in [0.15, 0.2) is 0 Å². The highest BCUT2D eigenvalue weighted by atomic mass is 79.9. The van der Waals surface area contributed by atoms with Crippen LogP contribution in [-0.4, -0.2) is 26.4 Å². The third-order valence-corrected chi connectivity index (χ3v) is 3.32. The molecule has 1 aromatic rings. The van der Waals surface area contributed by atoms with Crippen molar-refractivity contribution in [2.24, 2.45) is 5.73 Å². The van der Waals surface area contributed by atoms with E-state index in [1.165, 1.54) is 0 Å². The first-order valence-electron chi connectivity index (χ1n) is 6.30. The number of nitrogens with two attached hydrogens (primary N) is 1. The van der Waals surface area contributed by atoms with Gasteiger partial charge in [0.1, 0.15) is 0 Å². The van der Waals surface area contributed by atoms with Crippen molar-refractivity contribution >= 4 is 15.9 Å². The van der Waals surface area contributed by atoms with Gasteiger partial charge in [-0.2, -0.15) is 0 Å². The number of halogens is 1. The van der Waals surface area contributed by atoms with E-state index >= 15 is 0 Å². The standard InChI is InChI=1S/C14H22BrNO2/c1-3-13(16)14(18-9-5-8-17-2)11-6-4-7-12(15)10-11/h4,6-7,10,13-14H,3,5,8-9,16H2,1-2H3. The molecule has 102 valence electrons. The molecule has 1 aromatic carbocycles. The number of rotatable bonds is 8. The smallest absolute Gasteiger partial charge is 0.0975 e. The zero-order valence-corrected chi connectivity index (χ0v) is 12.7. The SMILES string of the molecule is CCC(N)C(OCCCOC)c1cccc(Br)c1. The lowest BCUT2D eigenvalue weighted by Gasteiger charge is -2.24. The van der Waals surface area contributed by atoms with Gasteiger partial charge in [0.2, 0.25) is 0 Å². The van der Waals surface area contributed by atoms with Crippen molar-refractivity contribution in [3.63, 3.8) is 0 Å². The molecule has 0 heterocycles. The molecule has 18 heavy (non-hydrogen) atoms. The average molecular weight is 316 g/mol. The predicted molar refractivity (Wildman–Crippen MR) is 77.6 cm³/mol. The van der Waals surface area contributed by atoms with Gasteiger partial charge < -0.3 is 15.2 Å². The number of benzene rings is 1. The molecule has 3 nitrogen and oxygen atoms in total. The van der Waals surface area contributed by atoms with Gasteiger partial charge in [-0.3, -0.25) is 0 Å². The van der Waals surface area contributed by atoms with E-state index in [-0.39, 0.29) is 12.1 Å². The molecule has 0 radical (unpaired) electrons. The van der Waals surface area contributed by atoms with Crippen molar-refractivity contribution in [2.45, 2.75) is 31.9 Å². The minimum atomic E-state index is -0.0515. The molecule has 0 aliphatic heterocycles. The molecule has 0 bridgehead atoms. The quantitative estimate of drug-likeness (QED) is 0.749. The van der Waals surface area contributed by atoms with Crippen molar-refractivity contribution in [3.8, 4) is 0 Å². The van der Waals surface area contributed by atoms with Gasteiger partial charge in [0.05, 0.1) is 6.10 Å². The normalized spacial score (nSPS) is 14.4. The molecule has 2 atom stereocenters. The van der Waals surface area contributed by atoms with Crippen LogP contribution in [0.2, 0.25) is 0 Å². The number of ether oxygens (including phenoxy) is 2. The number of hydrogen-bond acceptors (Lipinski definition) is 3. The third kappa shape index (κ3) is 5.06. The second-order valence-electron chi connectivity index (χ2n) is 4.26. The van der Waals surface area contributed by atoms with Crippen LogP contribution in [0.25, 0.3) is 0 Å². The Morgan fingerprint density at radius 1 is 1.33 bits per heavy atom. The molecule has 0 spiro atoms. The summed E-state index contributed by atoms with van der Waals surface area (Å²) in [6.07, 6.45) is 1.73. The van der Waals surface area contributed by atoms with Crippen molar-refractivity contribution in [2.75, 3.05) is 20.3 Å². The lowest BCUT2D eigenvalue weighted by molar-refractivity contribution is 0.0222. The fraction of sp³-hybridized carbons (Fsp3) is 0.571. The molecule has 0 saturated heterocycles. The van der Waals surface area contributed by atoms with Gasteiger partial charge >= 0.3 is 0 Å². The van der Waals surface area contributed by atoms with Crippen LogP contribution in [0.3, 0.4) is 0 Å². The summed E-state index contributed by atoms with van der Waals surface area (Å²) in [5.74, 6) is 0. The van der Waals surface area contributed by atoms with Crippen molar-refractivity contribution in [1.82, 2.24) is 0 Å². The number of methoxy groups -OCH3 is 1. The van der Waals surface area contributed by atoms with Crippen LogP contribution in [0.1, 0.15) is 31.4 Å². The molecule has 2 unspecified atom stereocenters. The summed E-state index contributed by atoms with van der Waals surface area (Å²) < 4.78 is 12.0. The molecule has 4 heteroatoms. The van der Waals surface area contributed by atoms with Gasteiger partial charge in [-0.1, -0.05) is 35.0 Å². The third-order valence-electron chi connectivity index (χ3n) is 2.83. The Morgan fingerprint density at radius 2 is 2.11 bits per heavy atom. The fourth-order valence-electron chi connectivity index (χ4n) is 1.78. The summed E-state index contributed by atoms with van der Waals surface area (Å²) in [6.45, 7) is 3.46. The molecule has 0 fully saturated rings. The van der Waals surface area contributed by atoms with Crippen LogP contribution in [0.15, 0.2) is 28.7 Å². The van der Waals surface area contributed by atoms with Crippen LogP contribution in [0.4, 0.5) is 0 Å². The van der Waals surface area contributed by atoms with Gasteiger partial charge in [-0.25, -0.2) is 0 Å². The number of hydrogen-bond donors (Lipinski definition) is 1. The topological polar surface area (TPSA) is 44.5 Å². The van der Waals surface area contributed by atoms with Gasteiger partial charge in [-0.15, -0.1) is 0 Å². The van der Waals surface area contributed by atoms with Crippen molar-refractivity contribution in [3.05, 3.63) is 34.3 Å². The summed E-state index contributed by atoms with van der Waals surface area (Å²) in [6, 6.07) is 8.15. The molecule has 0 aliphatic rings. The molecule has 0 aromatic heterocycles. The van der Waals surface area contributed by atoms with Crippen LogP contribution in [0.5, 0.6) is 0 Å². The first kappa shape index (κ1) is 15.6. The van der Waals surface area contributed by atoms with E-state index < -0.39 is 0 Å². The average Bonchev–Trinajstić information content (AvgIpc) is 2.38. The van der Waals surface area contributed by atoms with Crippen LogP contribution in [-0.2, 0) is 9.47 Å². The molecule has 0 aliphatic carbocycles. The monoisotopic (exact) mass is 315 g/mol. The lowest BCUT2D eigenvalue weighted by Crippen LogP contribution is -2.30. The maximum absolute atomic E-state index is 6.14. The Balaban J connectivity index is 2.66. The second-order valence-corrected chi connectivity index (χ2v) is 5.18. The van der Waals surface area contributed by atoms with E-state index in [1.807, 2.05) is 12.1 Å². The zero-order valence-electron chi connectivity index (χ0n) is 11.1. The van der Waals surface area contributed by atoms with Crippen molar-refractivity contribution in [1.29, 1.82) is 0 Å². The van der Waals surface area contributed by atoms with Gasteiger partial charge in [-0.05, 0) is 30.5 Å². The van der Waals surface area contributed by atoms with Crippen molar-refractivity contribution < 1.29 is 9.47 Å². The van der Waals surface area contributed by atoms with Crippen LogP contribution < -0.4 is 5.73 Å². The van der Waals surface area contributed by atoms with Crippen LogP contribution >= 0.6 is 15.9 Å². The maximum Gasteiger partial charge on any atom is 0.0975 e. The van der Waals surface area contributed by atoms with E-state index in [9.17, 15) is 0 Å². The molecular formula is C14H22BrNO2. The highest BCUT2D eigenvalue weighted by Gasteiger charge is 2.19. The van der Waals surface area contributed by atoms with E-state index in [1.54, 1.807) is 7.11 Å². The molecule has 0 saturated carbocycles. The summed E-state index contributed by atoms with van der Waals surface area (Å²) >= 11 is 3.48. The maximum atomic E-state index is 6.14. The second kappa shape index (κ2) is 8.64. The Bertz CT molecular complexity index is 346. The van der Waals surface area contributed by atoms with Gasteiger partial charge in [0, 0.05) is 30.8 Å². The van der Waals surface area contributed by atoms with E-state index in [0.29, 0.717) is 13.2 Å². The lowest BCUT2D eigenvalue weighted by atomic mass is 10.0. The summed E-state index contributed by atoms with van der Waals surface area (Å²) in [5, 5.41) is 0. The predicted octanol–water partition coefficient (Wildman–Crippen LogP) is 3.28. The highest BCUT2D eigenvalue weighted by Crippen LogP contribution is 2.25. The minimum absolute atomic E-state index is 0.0156. The molecule has 2 N–H and O–H groups in total. The first-order chi connectivity index (χ1) is 8.69. The minimum Gasteiger partial charge on any atom is -0.385 e. The summed E-state index contributed by atoms with van der Waals surface area (Å²) in [4.78, 5) is 0. The molecular weight excluding hydrogens is 294 g/mol. The summed E-state index contributed by atoms with van der Waals surface area (Å²) in [7, 11) is 1.70. The van der Waals surface area contributed by atoms with E-state index in [4.69, 9.17) is 15.2 Å². The first-order valence-corrected chi connectivity index (χ1v) is 7.10. The molecule has 0 amide bonds. The van der Waals surface area contributed by atoms with Crippen LogP contribution in [0, 0.1) is 0 Å². The Morgan fingerprint density at radius 3 is 2.72 bits per heavy atom. The Labute approximate surface area is 118 Å². The Kier molecular flexibility index (Phi) is 7.51. The zero-order chi connectivity index (χ0) is 13.4. The Hall–Kier alpha value is -0.420. The summed E-state index contributed by atoms with van der Waals surface area (Å²) in [5.41, 5.74) is 7.26. The molecule has 1 rings (SSSR count). The van der Waals surface area contributed by atoms with E-state index in [0.717, 1.165) is 22.9 Å². The fourth-order valence-corrected chi connectivity index (χ4v) is 2.20. The van der Waals surface area contributed by atoms with E-state index in [2.05, 4.69) is 35.0 Å². The van der Waals surface area contributed by atoms with Gasteiger partial charge in [0.25, 0.3) is 0 Å². The highest BCUT2D eigenvalue weighted by molar-refractivity contribution is 9.10. The largest absolute Gasteiger partial charge is 0.385 e.